The van der Waals surface area contributed by atoms with Gasteiger partial charge in [0.25, 0.3) is 0 Å². The molecule has 25 heavy (non-hydrogen) atoms. The van der Waals surface area contributed by atoms with Gasteiger partial charge in [0.2, 0.25) is 0 Å². The molecule has 0 aliphatic carbocycles. The summed E-state index contributed by atoms with van der Waals surface area (Å²) in [4.78, 5) is 15.9. The molecule has 0 fully saturated rings. The fourth-order valence-electron chi connectivity index (χ4n) is 1.95. The molecule has 0 heterocycles. The van der Waals surface area contributed by atoms with E-state index in [9.17, 15) is 9.18 Å². The molecular weight excluding hydrogens is 323 g/mol. The van der Waals surface area contributed by atoms with E-state index in [1.165, 1.54) is 12.1 Å². The van der Waals surface area contributed by atoms with Crippen molar-refractivity contribution in [2.24, 2.45) is 4.99 Å². The predicted octanol–water partition coefficient (Wildman–Crippen LogP) is 2.80. The Balaban J connectivity index is 2.33. The van der Waals surface area contributed by atoms with Crippen molar-refractivity contribution < 1.29 is 13.9 Å². The molecule has 0 radical (unpaired) electrons. The summed E-state index contributed by atoms with van der Waals surface area (Å²) in [6.07, 6.45) is 0.308. The van der Waals surface area contributed by atoms with Gasteiger partial charge in [-0.15, -0.1) is 0 Å². The van der Waals surface area contributed by atoms with Crippen molar-refractivity contribution in [1.82, 2.24) is 16.0 Å². The average molecular weight is 352 g/mol. The number of nitrogens with one attached hydrogen (secondary N) is 3. The average Bonchev–Trinajstić information content (AvgIpc) is 2.50. The number of aliphatic imine (C=N–C) groups is 1. The lowest BCUT2D eigenvalue weighted by Crippen LogP contribution is -2.39. The topological polar surface area (TPSA) is 74.8 Å². The monoisotopic (exact) mass is 352 g/mol. The quantitative estimate of drug-likeness (QED) is 0.401. The third-order valence-electron chi connectivity index (χ3n) is 2.97. The van der Waals surface area contributed by atoms with E-state index in [4.69, 9.17) is 4.74 Å². The zero-order valence-corrected chi connectivity index (χ0v) is 15.5. The Kier molecular flexibility index (Phi) is 8.74. The molecule has 0 aliphatic rings. The highest BCUT2D eigenvalue weighted by molar-refractivity contribution is 5.79. The van der Waals surface area contributed by atoms with Gasteiger partial charge in [-0.25, -0.2) is 14.2 Å². The Labute approximate surface area is 149 Å². The van der Waals surface area contributed by atoms with Crippen LogP contribution < -0.4 is 16.0 Å². The molecule has 1 aromatic carbocycles. The van der Waals surface area contributed by atoms with E-state index < -0.39 is 11.7 Å². The second-order valence-electron chi connectivity index (χ2n) is 6.53. The number of alkyl carbamates (subject to hydrolysis) is 1. The Morgan fingerprint density at radius 3 is 2.56 bits per heavy atom. The van der Waals surface area contributed by atoms with Crippen LogP contribution in [0.15, 0.2) is 29.3 Å². The molecule has 1 rings (SSSR count). The molecule has 0 bridgehead atoms. The lowest BCUT2D eigenvalue weighted by Gasteiger charge is -2.19. The molecule has 1 amide bonds. The second kappa shape index (κ2) is 10.5. The van der Waals surface area contributed by atoms with Gasteiger partial charge in [0.15, 0.2) is 5.96 Å². The number of ether oxygens (including phenoxy) is 1. The van der Waals surface area contributed by atoms with Gasteiger partial charge in [-0.1, -0.05) is 12.1 Å². The van der Waals surface area contributed by atoms with Gasteiger partial charge in [-0.2, -0.15) is 0 Å². The van der Waals surface area contributed by atoms with Crippen molar-refractivity contribution in [1.29, 1.82) is 0 Å². The molecule has 1 aromatic rings. The minimum atomic E-state index is -0.496. The number of amides is 1. The van der Waals surface area contributed by atoms with Crippen LogP contribution in [0.5, 0.6) is 0 Å². The number of carbonyl (C=O) groups excluding carboxylic acids is 1. The molecule has 3 N–H and O–H groups in total. The number of rotatable bonds is 7. The van der Waals surface area contributed by atoms with E-state index in [1.807, 2.05) is 33.8 Å². The summed E-state index contributed by atoms with van der Waals surface area (Å²) in [5.74, 6) is 0.392. The van der Waals surface area contributed by atoms with E-state index in [2.05, 4.69) is 20.9 Å². The predicted molar refractivity (Wildman–Crippen MR) is 98.1 cm³/mol. The Morgan fingerprint density at radius 2 is 1.92 bits per heavy atom. The van der Waals surface area contributed by atoms with Gasteiger partial charge >= 0.3 is 6.09 Å². The Hall–Kier alpha value is -2.31. The van der Waals surface area contributed by atoms with Gasteiger partial charge in [0, 0.05) is 19.6 Å². The maximum Gasteiger partial charge on any atom is 0.407 e. The third-order valence-corrected chi connectivity index (χ3v) is 2.97. The molecule has 7 heteroatoms. The van der Waals surface area contributed by atoms with Crippen LogP contribution in [0.1, 0.15) is 39.7 Å². The molecule has 0 aromatic heterocycles. The first-order chi connectivity index (χ1) is 11.8. The number of hydrogen-bond acceptors (Lipinski definition) is 3. The third kappa shape index (κ3) is 10.2. The van der Waals surface area contributed by atoms with E-state index >= 15 is 0 Å². The summed E-state index contributed by atoms with van der Waals surface area (Å²) in [6.45, 7) is 9.72. The number of benzene rings is 1. The van der Waals surface area contributed by atoms with Crippen LogP contribution >= 0.6 is 0 Å². The number of nitrogens with zero attached hydrogens (tertiary/aromatic N) is 1. The molecule has 0 saturated heterocycles. The molecule has 0 unspecified atom stereocenters. The summed E-state index contributed by atoms with van der Waals surface area (Å²) in [6, 6.07) is 6.38. The summed E-state index contributed by atoms with van der Waals surface area (Å²) in [7, 11) is 0. The van der Waals surface area contributed by atoms with Crippen LogP contribution in [0.4, 0.5) is 9.18 Å². The van der Waals surface area contributed by atoms with Crippen molar-refractivity contribution in [3.05, 3.63) is 35.6 Å². The van der Waals surface area contributed by atoms with Crippen LogP contribution in [-0.4, -0.2) is 37.3 Å². The highest BCUT2D eigenvalue weighted by Crippen LogP contribution is 2.06. The smallest absolute Gasteiger partial charge is 0.407 e. The maximum atomic E-state index is 13.2. The highest BCUT2D eigenvalue weighted by Gasteiger charge is 2.15. The number of carbonyl (C=O) groups is 1. The van der Waals surface area contributed by atoms with Gasteiger partial charge in [0.05, 0.1) is 6.54 Å². The van der Waals surface area contributed by atoms with Crippen LogP contribution in [0.3, 0.4) is 0 Å². The summed E-state index contributed by atoms with van der Waals surface area (Å²) in [5.41, 5.74) is 0.313. The number of guanidine groups is 1. The highest BCUT2D eigenvalue weighted by atomic mass is 19.1. The normalized spacial score (nSPS) is 11.8. The van der Waals surface area contributed by atoms with Crippen LogP contribution in [0, 0.1) is 5.82 Å². The number of halogens is 1. The van der Waals surface area contributed by atoms with Gasteiger partial charge < -0.3 is 20.7 Å². The Bertz CT molecular complexity index is 570. The fraction of sp³-hybridized carbons (Fsp3) is 0.556. The largest absolute Gasteiger partial charge is 0.444 e. The Morgan fingerprint density at radius 1 is 1.20 bits per heavy atom. The lowest BCUT2D eigenvalue weighted by molar-refractivity contribution is 0.0527. The lowest BCUT2D eigenvalue weighted by atomic mass is 10.2. The first kappa shape index (κ1) is 20.7. The molecule has 0 spiro atoms. The van der Waals surface area contributed by atoms with Crippen LogP contribution in [-0.2, 0) is 11.3 Å². The van der Waals surface area contributed by atoms with Gasteiger partial charge in [-0.3, -0.25) is 0 Å². The fourth-order valence-corrected chi connectivity index (χ4v) is 1.95. The van der Waals surface area contributed by atoms with E-state index in [-0.39, 0.29) is 5.82 Å². The first-order valence-corrected chi connectivity index (χ1v) is 8.53. The van der Waals surface area contributed by atoms with Gasteiger partial charge in [-0.05, 0) is 51.8 Å². The number of hydrogen-bond donors (Lipinski definition) is 3. The van der Waals surface area contributed by atoms with E-state index in [1.54, 1.807) is 6.07 Å². The van der Waals surface area contributed by atoms with Crippen molar-refractivity contribution >= 4 is 12.1 Å². The second-order valence-corrected chi connectivity index (χ2v) is 6.53. The summed E-state index contributed by atoms with van der Waals surface area (Å²) >= 11 is 0. The van der Waals surface area contributed by atoms with Crippen molar-refractivity contribution in [2.45, 2.75) is 46.3 Å². The minimum absolute atomic E-state index is 0.265. The SMILES string of the molecule is CCNC(=NCc1cccc(F)c1)NCCCNC(=O)OC(C)(C)C. The first-order valence-electron chi connectivity index (χ1n) is 8.53. The van der Waals surface area contributed by atoms with Gasteiger partial charge in [0.1, 0.15) is 11.4 Å². The van der Waals surface area contributed by atoms with Crippen molar-refractivity contribution in [2.75, 3.05) is 19.6 Å². The molecule has 0 atom stereocenters. The minimum Gasteiger partial charge on any atom is -0.444 e. The zero-order valence-electron chi connectivity index (χ0n) is 15.5. The molecule has 6 nitrogen and oxygen atoms in total. The van der Waals surface area contributed by atoms with Crippen LogP contribution in [0.25, 0.3) is 0 Å². The molecule has 0 aliphatic heterocycles. The molecular formula is C18H29FN4O2. The van der Waals surface area contributed by atoms with E-state index in [0.29, 0.717) is 25.6 Å². The summed E-state index contributed by atoms with van der Waals surface area (Å²) < 4.78 is 18.3. The van der Waals surface area contributed by atoms with Crippen LogP contribution in [0.2, 0.25) is 0 Å². The summed E-state index contributed by atoms with van der Waals surface area (Å²) in [5, 5.41) is 9.02. The standard InChI is InChI=1S/C18H29FN4O2/c1-5-20-16(23-13-14-8-6-9-15(19)12-14)21-10-7-11-22-17(24)25-18(2,3)4/h6,8-9,12H,5,7,10-11,13H2,1-4H3,(H,22,24)(H2,20,21,23). The van der Waals surface area contributed by atoms with Crippen molar-refractivity contribution in [3.63, 3.8) is 0 Å². The molecule has 0 saturated carbocycles. The van der Waals surface area contributed by atoms with E-state index in [0.717, 1.165) is 18.5 Å². The zero-order chi connectivity index (χ0) is 18.7. The van der Waals surface area contributed by atoms with Crippen molar-refractivity contribution in [3.8, 4) is 0 Å². The molecule has 140 valence electrons. The maximum absolute atomic E-state index is 13.2.